The van der Waals surface area contributed by atoms with Gasteiger partial charge in [-0.05, 0) is 51.1 Å². The number of anilines is 1. The summed E-state index contributed by atoms with van der Waals surface area (Å²) in [6, 6.07) is 7.17. The van der Waals surface area contributed by atoms with Crippen molar-refractivity contribution in [3.05, 3.63) is 29.8 Å². The lowest BCUT2D eigenvalue weighted by atomic mass is 9.88. The molecule has 0 spiro atoms. The van der Waals surface area contributed by atoms with E-state index in [0.29, 0.717) is 30.3 Å². The van der Waals surface area contributed by atoms with Crippen molar-refractivity contribution in [3.63, 3.8) is 0 Å². The molecule has 23 heavy (non-hydrogen) atoms. The maximum Gasteiger partial charge on any atom is 0.253 e. The summed E-state index contributed by atoms with van der Waals surface area (Å²) in [5.41, 5.74) is 1.29. The molecule has 2 N–H and O–H groups in total. The first-order chi connectivity index (χ1) is 10.6. The summed E-state index contributed by atoms with van der Waals surface area (Å²) in [7, 11) is 0. The van der Waals surface area contributed by atoms with E-state index < -0.39 is 0 Å². The first kappa shape index (κ1) is 19.5. The average molecular weight is 340 g/mol. The van der Waals surface area contributed by atoms with Crippen LogP contribution in [0.1, 0.15) is 31.1 Å². The van der Waals surface area contributed by atoms with Crippen molar-refractivity contribution in [2.24, 2.45) is 11.8 Å². The quantitative estimate of drug-likeness (QED) is 0.836. The highest BCUT2D eigenvalue weighted by Gasteiger charge is 2.28. The lowest BCUT2D eigenvalue weighted by Gasteiger charge is -2.31. The summed E-state index contributed by atoms with van der Waals surface area (Å²) < 4.78 is 0. The van der Waals surface area contributed by atoms with Gasteiger partial charge < -0.3 is 15.5 Å². The zero-order chi connectivity index (χ0) is 16.1. The third kappa shape index (κ3) is 4.69. The van der Waals surface area contributed by atoms with Crippen LogP contribution in [-0.2, 0) is 4.79 Å². The van der Waals surface area contributed by atoms with Crippen LogP contribution in [-0.4, -0.2) is 42.9 Å². The van der Waals surface area contributed by atoms with Gasteiger partial charge in [-0.15, -0.1) is 12.4 Å². The third-order valence-electron chi connectivity index (χ3n) is 4.36. The van der Waals surface area contributed by atoms with Gasteiger partial charge in [0.25, 0.3) is 5.91 Å². The van der Waals surface area contributed by atoms with E-state index in [0.717, 1.165) is 13.1 Å². The topological polar surface area (TPSA) is 61.4 Å². The molecule has 128 valence electrons. The first-order valence-electron chi connectivity index (χ1n) is 7.97. The Morgan fingerprint density at radius 1 is 1.30 bits per heavy atom. The van der Waals surface area contributed by atoms with E-state index in [2.05, 4.69) is 10.6 Å². The molecule has 6 heteroatoms. The molecule has 1 saturated heterocycles. The van der Waals surface area contributed by atoms with Gasteiger partial charge in [-0.3, -0.25) is 9.59 Å². The van der Waals surface area contributed by atoms with Crippen LogP contribution in [0.4, 0.5) is 5.69 Å². The van der Waals surface area contributed by atoms with Crippen molar-refractivity contribution in [2.75, 3.05) is 31.5 Å². The Morgan fingerprint density at radius 2 is 1.96 bits per heavy atom. The highest BCUT2D eigenvalue weighted by atomic mass is 35.5. The molecule has 2 rings (SSSR count). The molecule has 1 aromatic carbocycles. The fraction of sp³-hybridized carbons (Fsp3) is 0.529. The maximum atomic E-state index is 12.3. The standard InChI is InChI=1S/C17H25N3O2.ClH/c1-4-20(5-2)17(22)13-7-6-8-15(9-13)19-16(21)12(3)14-10-18-11-14;/h6-9,12,14,18H,4-5,10-11H2,1-3H3,(H,19,21);1H. The maximum absolute atomic E-state index is 12.3. The van der Waals surface area contributed by atoms with Gasteiger partial charge in [0.1, 0.15) is 0 Å². The summed E-state index contributed by atoms with van der Waals surface area (Å²) in [4.78, 5) is 26.4. The normalized spacial score (nSPS) is 15.1. The summed E-state index contributed by atoms with van der Waals surface area (Å²) in [5.74, 6) is 0.389. The lowest BCUT2D eigenvalue weighted by molar-refractivity contribution is -0.121. The minimum absolute atomic E-state index is 0. The number of halogens is 1. The van der Waals surface area contributed by atoms with Gasteiger partial charge in [-0.2, -0.15) is 0 Å². The molecule has 1 aliphatic heterocycles. The second-order valence-corrected chi connectivity index (χ2v) is 5.75. The van der Waals surface area contributed by atoms with E-state index in [1.54, 1.807) is 17.0 Å². The van der Waals surface area contributed by atoms with Crippen LogP contribution in [0.5, 0.6) is 0 Å². The monoisotopic (exact) mass is 339 g/mol. The van der Waals surface area contributed by atoms with Crippen molar-refractivity contribution in [1.82, 2.24) is 10.2 Å². The molecule has 1 heterocycles. The number of rotatable bonds is 6. The molecular weight excluding hydrogens is 314 g/mol. The molecule has 1 atom stereocenters. The van der Waals surface area contributed by atoms with Crippen LogP contribution in [0, 0.1) is 11.8 Å². The minimum atomic E-state index is -0.0246. The van der Waals surface area contributed by atoms with E-state index in [9.17, 15) is 9.59 Å². The summed E-state index contributed by atoms with van der Waals surface area (Å²) in [6.07, 6.45) is 0. The molecule has 0 aliphatic carbocycles. The summed E-state index contributed by atoms with van der Waals surface area (Å²) >= 11 is 0. The molecule has 5 nitrogen and oxygen atoms in total. The Kier molecular flexibility index (Phi) is 7.52. The fourth-order valence-electron chi connectivity index (χ4n) is 2.56. The van der Waals surface area contributed by atoms with Gasteiger partial charge in [0.2, 0.25) is 5.91 Å². The number of hydrogen-bond donors (Lipinski definition) is 2. The second-order valence-electron chi connectivity index (χ2n) is 5.75. The van der Waals surface area contributed by atoms with Gasteiger partial charge in [0.05, 0.1) is 0 Å². The van der Waals surface area contributed by atoms with Gasteiger partial charge in [0.15, 0.2) is 0 Å². The van der Waals surface area contributed by atoms with E-state index in [1.165, 1.54) is 0 Å². The Bertz CT molecular complexity index is 542. The number of carbonyl (C=O) groups is 2. The highest BCUT2D eigenvalue weighted by molar-refractivity contribution is 5.97. The minimum Gasteiger partial charge on any atom is -0.339 e. The van der Waals surface area contributed by atoms with Crippen LogP contribution in [0.2, 0.25) is 0 Å². The third-order valence-corrected chi connectivity index (χ3v) is 4.36. The van der Waals surface area contributed by atoms with Gasteiger partial charge >= 0.3 is 0 Å². The smallest absolute Gasteiger partial charge is 0.253 e. The van der Waals surface area contributed by atoms with Crippen molar-refractivity contribution in [1.29, 1.82) is 0 Å². The van der Waals surface area contributed by atoms with E-state index in [-0.39, 0.29) is 30.1 Å². The van der Waals surface area contributed by atoms with E-state index in [4.69, 9.17) is 0 Å². The molecule has 2 amide bonds. The molecule has 1 aromatic rings. The first-order valence-corrected chi connectivity index (χ1v) is 7.97. The number of nitrogens with one attached hydrogen (secondary N) is 2. The SMILES string of the molecule is CCN(CC)C(=O)c1cccc(NC(=O)C(C)C2CNC2)c1.Cl. The number of carbonyl (C=O) groups excluding carboxylic acids is 2. The zero-order valence-corrected chi connectivity index (χ0v) is 14.8. The van der Waals surface area contributed by atoms with E-state index >= 15 is 0 Å². The Balaban J connectivity index is 0.00000264. The molecular formula is C17H26ClN3O2. The Morgan fingerprint density at radius 3 is 2.48 bits per heavy atom. The highest BCUT2D eigenvalue weighted by Crippen LogP contribution is 2.19. The molecule has 0 saturated carbocycles. The number of hydrogen-bond acceptors (Lipinski definition) is 3. The summed E-state index contributed by atoms with van der Waals surface area (Å²) in [5, 5.41) is 6.10. The van der Waals surface area contributed by atoms with Gasteiger partial charge in [0, 0.05) is 30.3 Å². The fourth-order valence-corrected chi connectivity index (χ4v) is 2.56. The Hall–Kier alpha value is -1.59. The zero-order valence-electron chi connectivity index (χ0n) is 14.0. The van der Waals surface area contributed by atoms with Crippen molar-refractivity contribution < 1.29 is 9.59 Å². The number of amides is 2. The number of nitrogens with zero attached hydrogens (tertiary/aromatic N) is 1. The van der Waals surface area contributed by atoms with Gasteiger partial charge in [-0.1, -0.05) is 13.0 Å². The predicted molar refractivity (Wildman–Crippen MR) is 95.1 cm³/mol. The van der Waals surface area contributed by atoms with Crippen LogP contribution in [0.25, 0.3) is 0 Å². The van der Waals surface area contributed by atoms with Crippen molar-refractivity contribution in [3.8, 4) is 0 Å². The predicted octanol–water partition coefficient (Wildman–Crippen LogP) is 2.38. The van der Waals surface area contributed by atoms with E-state index in [1.807, 2.05) is 32.9 Å². The number of benzene rings is 1. The molecule has 1 unspecified atom stereocenters. The van der Waals surface area contributed by atoms with Gasteiger partial charge in [-0.25, -0.2) is 0 Å². The lowest BCUT2D eigenvalue weighted by Crippen LogP contribution is -2.48. The molecule has 0 radical (unpaired) electrons. The molecule has 0 aromatic heterocycles. The van der Waals surface area contributed by atoms with Crippen LogP contribution >= 0.6 is 12.4 Å². The largest absolute Gasteiger partial charge is 0.339 e. The second kappa shape index (κ2) is 8.89. The molecule has 0 bridgehead atoms. The van der Waals surface area contributed by atoms with Crippen LogP contribution < -0.4 is 10.6 Å². The van der Waals surface area contributed by atoms with Crippen LogP contribution in [0.15, 0.2) is 24.3 Å². The van der Waals surface area contributed by atoms with Crippen molar-refractivity contribution >= 4 is 29.9 Å². The van der Waals surface area contributed by atoms with Crippen molar-refractivity contribution in [2.45, 2.75) is 20.8 Å². The molecule has 1 fully saturated rings. The molecule has 1 aliphatic rings. The van der Waals surface area contributed by atoms with Crippen LogP contribution in [0.3, 0.4) is 0 Å². The summed E-state index contributed by atoms with van der Waals surface area (Å²) in [6.45, 7) is 9.02. The average Bonchev–Trinajstić information content (AvgIpc) is 2.46. The Labute approximate surface area is 144 Å².